The van der Waals surface area contributed by atoms with Crippen molar-refractivity contribution in [3.63, 3.8) is 0 Å². The van der Waals surface area contributed by atoms with E-state index in [9.17, 15) is 9.59 Å². The highest BCUT2D eigenvalue weighted by atomic mass is 16.3. The molecular weight excluding hydrogens is 282 g/mol. The van der Waals surface area contributed by atoms with Crippen LogP contribution in [0.15, 0.2) is 45.9 Å². The number of carbonyl (C=O) groups excluding carboxylic acids is 1. The van der Waals surface area contributed by atoms with Gasteiger partial charge < -0.3 is 20.0 Å². The molecule has 4 rings (SSSR count). The smallest absolute Gasteiger partial charge is 0.259 e. The van der Waals surface area contributed by atoms with Crippen molar-refractivity contribution in [1.29, 1.82) is 0 Å². The van der Waals surface area contributed by atoms with E-state index in [1.165, 1.54) is 6.26 Å². The van der Waals surface area contributed by atoms with Gasteiger partial charge in [-0.15, -0.1) is 0 Å². The van der Waals surface area contributed by atoms with Crippen LogP contribution < -0.4 is 16.2 Å². The van der Waals surface area contributed by atoms with Gasteiger partial charge in [0.2, 0.25) is 0 Å². The predicted octanol–water partition coefficient (Wildman–Crippen LogP) is 1.98. The molecule has 6 heteroatoms. The Hall–Kier alpha value is -2.86. The van der Waals surface area contributed by atoms with E-state index in [4.69, 9.17) is 4.42 Å². The lowest BCUT2D eigenvalue weighted by molar-refractivity contribution is 0.102. The summed E-state index contributed by atoms with van der Waals surface area (Å²) in [6, 6.07) is 6.99. The highest BCUT2D eigenvalue weighted by Crippen LogP contribution is 2.23. The molecule has 2 aromatic heterocycles. The molecule has 0 fully saturated rings. The molecule has 0 saturated carbocycles. The highest BCUT2D eigenvalue weighted by Gasteiger charge is 2.23. The first-order chi connectivity index (χ1) is 10.7. The Morgan fingerprint density at radius 3 is 3.05 bits per heavy atom. The average molecular weight is 295 g/mol. The number of nitrogens with one attached hydrogen (secondary N) is 3. The fraction of sp³-hybridized carbons (Fsp3) is 0.125. The van der Waals surface area contributed by atoms with Gasteiger partial charge in [-0.3, -0.25) is 9.59 Å². The van der Waals surface area contributed by atoms with Crippen LogP contribution in [0.3, 0.4) is 0 Å². The molecule has 1 aliphatic heterocycles. The second-order valence-corrected chi connectivity index (χ2v) is 5.22. The van der Waals surface area contributed by atoms with Crippen LogP contribution in [0.5, 0.6) is 0 Å². The lowest BCUT2D eigenvalue weighted by atomic mass is 10.1. The highest BCUT2D eigenvalue weighted by molar-refractivity contribution is 6.06. The molecule has 0 aliphatic carbocycles. The van der Waals surface area contributed by atoms with Crippen LogP contribution in [0.1, 0.15) is 21.7 Å². The first-order valence-electron chi connectivity index (χ1n) is 6.95. The van der Waals surface area contributed by atoms with Gasteiger partial charge in [-0.1, -0.05) is 0 Å². The van der Waals surface area contributed by atoms with Crippen molar-refractivity contribution in [2.45, 2.75) is 13.1 Å². The summed E-state index contributed by atoms with van der Waals surface area (Å²) in [6.45, 7) is 1.29. The Kier molecular flexibility index (Phi) is 2.83. The van der Waals surface area contributed by atoms with Gasteiger partial charge in [-0.25, -0.2) is 0 Å². The molecule has 1 aromatic carbocycles. The van der Waals surface area contributed by atoms with Gasteiger partial charge in [0.05, 0.1) is 12.1 Å². The number of aromatic nitrogens is 1. The number of H-pyrrole nitrogens is 1. The van der Waals surface area contributed by atoms with E-state index in [0.717, 1.165) is 16.7 Å². The summed E-state index contributed by atoms with van der Waals surface area (Å²) in [5.74, 6) is 0.605. The molecule has 22 heavy (non-hydrogen) atoms. The van der Waals surface area contributed by atoms with E-state index in [1.807, 2.05) is 0 Å². The van der Waals surface area contributed by atoms with E-state index in [0.29, 0.717) is 29.7 Å². The summed E-state index contributed by atoms with van der Waals surface area (Å²) in [5, 5.41) is 7.36. The fourth-order valence-corrected chi connectivity index (χ4v) is 2.72. The number of benzene rings is 1. The molecule has 3 N–H and O–H groups in total. The van der Waals surface area contributed by atoms with Crippen LogP contribution in [-0.4, -0.2) is 10.9 Å². The Labute approximate surface area is 125 Å². The number of aromatic amines is 1. The summed E-state index contributed by atoms with van der Waals surface area (Å²) in [4.78, 5) is 26.7. The standard InChI is InChI=1S/C16H13N3O3/c20-15-11-2-1-10(5-9(11)3-4-18-15)19-16(21)13-8-22-14-7-17-6-12(13)14/h1-5,8,17H,6-7H2,(H,18,20)(H,19,21). The SMILES string of the molecule is O=C(Nc1ccc2c(=O)[nH]ccc2c1)c1coc2c1CNC2. The Balaban J connectivity index is 1.65. The third-order valence-electron chi connectivity index (χ3n) is 3.84. The maximum absolute atomic E-state index is 12.4. The van der Waals surface area contributed by atoms with Gasteiger partial charge in [0.25, 0.3) is 11.5 Å². The number of furan rings is 1. The molecule has 6 nitrogen and oxygen atoms in total. The molecule has 0 bridgehead atoms. The van der Waals surface area contributed by atoms with Gasteiger partial charge in [0, 0.05) is 29.4 Å². The quantitative estimate of drug-likeness (QED) is 0.674. The van der Waals surface area contributed by atoms with E-state index in [-0.39, 0.29) is 11.5 Å². The minimum absolute atomic E-state index is 0.144. The van der Waals surface area contributed by atoms with E-state index >= 15 is 0 Å². The second kappa shape index (κ2) is 4.85. The summed E-state index contributed by atoms with van der Waals surface area (Å²) >= 11 is 0. The number of fused-ring (bicyclic) bond motifs is 2. The van der Waals surface area contributed by atoms with Crippen LogP contribution in [-0.2, 0) is 13.1 Å². The Bertz CT molecular complexity index is 939. The molecule has 1 amide bonds. The minimum Gasteiger partial charge on any atom is -0.467 e. The maximum atomic E-state index is 12.4. The fourth-order valence-electron chi connectivity index (χ4n) is 2.72. The summed E-state index contributed by atoms with van der Waals surface area (Å²) in [6.07, 6.45) is 3.08. The van der Waals surface area contributed by atoms with Gasteiger partial charge in [-0.05, 0) is 29.7 Å². The second-order valence-electron chi connectivity index (χ2n) is 5.22. The van der Waals surface area contributed by atoms with Crippen molar-refractivity contribution in [3.8, 4) is 0 Å². The molecule has 1 aliphatic rings. The zero-order valence-corrected chi connectivity index (χ0v) is 11.6. The van der Waals surface area contributed by atoms with Crippen LogP contribution in [0.4, 0.5) is 5.69 Å². The normalized spacial score (nSPS) is 13.3. The largest absolute Gasteiger partial charge is 0.467 e. The average Bonchev–Trinajstić information content (AvgIpc) is 3.10. The summed E-state index contributed by atoms with van der Waals surface area (Å²) < 4.78 is 5.38. The molecule has 3 aromatic rings. The molecule has 0 saturated heterocycles. The number of carbonyl (C=O) groups is 1. The van der Waals surface area contributed by atoms with E-state index in [2.05, 4.69) is 15.6 Å². The molecule has 0 spiro atoms. The molecular formula is C16H13N3O3. The summed E-state index contributed by atoms with van der Waals surface area (Å²) in [7, 11) is 0. The first-order valence-corrected chi connectivity index (χ1v) is 6.95. The molecule has 0 radical (unpaired) electrons. The third-order valence-corrected chi connectivity index (χ3v) is 3.84. The molecule has 0 unspecified atom stereocenters. The Morgan fingerprint density at radius 2 is 2.14 bits per heavy atom. The molecule has 110 valence electrons. The van der Waals surface area contributed by atoms with Crippen LogP contribution >= 0.6 is 0 Å². The van der Waals surface area contributed by atoms with Crippen molar-refractivity contribution in [3.05, 3.63) is 64.0 Å². The number of hydrogen-bond donors (Lipinski definition) is 3. The van der Waals surface area contributed by atoms with Gasteiger partial charge in [0.15, 0.2) is 0 Å². The van der Waals surface area contributed by atoms with Gasteiger partial charge >= 0.3 is 0 Å². The summed E-state index contributed by atoms with van der Waals surface area (Å²) in [5.41, 5.74) is 1.96. The number of anilines is 1. The van der Waals surface area contributed by atoms with E-state index in [1.54, 1.807) is 30.5 Å². The lowest BCUT2D eigenvalue weighted by Crippen LogP contribution is -2.14. The predicted molar refractivity (Wildman–Crippen MR) is 81.8 cm³/mol. The topological polar surface area (TPSA) is 87.1 Å². The maximum Gasteiger partial charge on any atom is 0.259 e. The van der Waals surface area contributed by atoms with Gasteiger partial charge in [-0.2, -0.15) is 0 Å². The zero-order valence-electron chi connectivity index (χ0n) is 11.6. The molecule has 3 heterocycles. The first kappa shape index (κ1) is 12.8. The number of amides is 1. The monoisotopic (exact) mass is 295 g/mol. The molecule has 0 atom stereocenters. The Morgan fingerprint density at radius 1 is 1.23 bits per heavy atom. The minimum atomic E-state index is -0.210. The zero-order chi connectivity index (χ0) is 15.1. The third kappa shape index (κ3) is 2.01. The van der Waals surface area contributed by atoms with E-state index < -0.39 is 0 Å². The van der Waals surface area contributed by atoms with Crippen molar-refractivity contribution >= 4 is 22.4 Å². The van der Waals surface area contributed by atoms with Gasteiger partial charge in [0.1, 0.15) is 12.0 Å². The van der Waals surface area contributed by atoms with Crippen molar-refractivity contribution in [2.75, 3.05) is 5.32 Å². The van der Waals surface area contributed by atoms with Crippen molar-refractivity contribution in [2.24, 2.45) is 0 Å². The number of hydrogen-bond acceptors (Lipinski definition) is 4. The lowest BCUT2D eigenvalue weighted by Gasteiger charge is -2.06. The van der Waals surface area contributed by atoms with Crippen molar-refractivity contribution < 1.29 is 9.21 Å². The number of rotatable bonds is 2. The van der Waals surface area contributed by atoms with Crippen LogP contribution in [0.2, 0.25) is 0 Å². The van der Waals surface area contributed by atoms with Crippen molar-refractivity contribution in [1.82, 2.24) is 10.3 Å². The van der Waals surface area contributed by atoms with Crippen LogP contribution in [0, 0.1) is 0 Å². The number of pyridine rings is 1. The van der Waals surface area contributed by atoms with Crippen LogP contribution in [0.25, 0.3) is 10.8 Å².